The third kappa shape index (κ3) is 3.56. The molecule has 1 saturated heterocycles. The van der Waals surface area contributed by atoms with Crippen LogP contribution in [0.3, 0.4) is 0 Å². The summed E-state index contributed by atoms with van der Waals surface area (Å²) in [5, 5.41) is 12.5. The van der Waals surface area contributed by atoms with E-state index in [-0.39, 0.29) is 0 Å². The quantitative estimate of drug-likeness (QED) is 0.480. The van der Waals surface area contributed by atoms with Crippen LogP contribution >= 0.6 is 11.3 Å². The van der Waals surface area contributed by atoms with E-state index in [0.29, 0.717) is 22.0 Å². The molecule has 0 amide bonds. The molecule has 1 aromatic carbocycles. The Bertz CT molecular complexity index is 957. The van der Waals surface area contributed by atoms with Gasteiger partial charge in [0.05, 0.1) is 11.4 Å². The van der Waals surface area contributed by atoms with Gasteiger partial charge in [0.25, 0.3) is 0 Å². The molecule has 4 rings (SSSR count). The Hall–Kier alpha value is -2.77. The first-order chi connectivity index (χ1) is 13.1. The number of hydrogen-bond acceptors (Lipinski definition) is 7. The summed E-state index contributed by atoms with van der Waals surface area (Å²) in [7, 11) is 0. The van der Waals surface area contributed by atoms with Crippen molar-refractivity contribution in [3.8, 4) is 11.3 Å². The van der Waals surface area contributed by atoms with Crippen molar-refractivity contribution in [3.05, 3.63) is 58.0 Å². The van der Waals surface area contributed by atoms with Crippen LogP contribution in [0.1, 0.15) is 15.4 Å². The fourth-order valence-corrected chi connectivity index (χ4v) is 4.12. The summed E-state index contributed by atoms with van der Waals surface area (Å²) in [6, 6.07) is 11.6. The van der Waals surface area contributed by atoms with Crippen LogP contribution in [0.25, 0.3) is 11.3 Å². The summed E-state index contributed by atoms with van der Waals surface area (Å²) in [5.74, 6) is 0.998. The molecule has 0 saturated carbocycles. The second-order valence-electron chi connectivity index (χ2n) is 6.53. The van der Waals surface area contributed by atoms with Crippen LogP contribution in [-0.2, 0) is 0 Å². The van der Waals surface area contributed by atoms with Crippen molar-refractivity contribution in [2.24, 2.45) is 0 Å². The van der Waals surface area contributed by atoms with Crippen LogP contribution < -0.4 is 16.0 Å². The lowest BCUT2D eigenvalue weighted by molar-refractivity contribution is 0.585. The van der Waals surface area contributed by atoms with E-state index in [1.807, 2.05) is 37.4 Å². The van der Waals surface area contributed by atoms with Gasteiger partial charge in [-0.05, 0) is 25.1 Å². The molecule has 3 heterocycles. The molecular weight excluding hydrogens is 356 g/mol. The maximum absolute atomic E-state index is 8.49. The average Bonchev–Trinajstić information content (AvgIpc) is 3.10. The van der Waals surface area contributed by atoms with E-state index in [0.717, 1.165) is 48.1 Å². The average molecular weight is 379 g/mol. The third-order valence-electron chi connectivity index (χ3n) is 4.70. The summed E-state index contributed by atoms with van der Waals surface area (Å²) in [5.41, 5.74) is 9.55. The number of benzene rings is 1. The Kier molecular flexibility index (Phi) is 4.87. The minimum atomic E-state index is 0.359. The fourth-order valence-electron chi connectivity index (χ4n) is 3.22. The van der Waals surface area contributed by atoms with E-state index >= 15 is 0 Å². The van der Waals surface area contributed by atoms with Crippen molar-refractivity contribution in [2.45, 2.75) is 6.92 Å². The molecular formula is C20H22N6S. The standard InChI is InChI=1S/C20H22N6S/c1-13-19(14-6-7-17(24-12-14)26-10-8-23-9-11-26)25-20(27-13)18(22)15-4-2-3-5-16(15)21/h2-7,12,22-23H,8-11,21H2,1H3. The number of thiazole rings is 1. The first-order valence-electron chi connectivity index (χ1n) is 8.97. The Morgan fingerprint density at radius 1 is 1.19 bits per heavy atom. The Balaban J connectivity index is 1.60. The van der Waals surface area contributed by atoms with Crippen LogP contribution in [-0.4, -0.2) is 41.9 Å². The molecule has 0 bridgehead atoms. The number of aryl methyl sites for hydroxylation is 1. The number of piperazine rings is 1. The Morgan fingerprint density at radius 2 is 1.96 bits per heavy atom. The first kappa shape index (κ1) is 17.6. The number of nitrogen functional groups attached to an aromatic ring is 1. The predicted molar refractivity (Wildman–Crippen MR) is 112 cm³/mol. The van der Waals surface area contributed by atoms with Crippen LogP contribution in [0.15, 0.2) is 42.6 Å². The van der Waals surface area contributed by atoms with Gasteiger partial charge in [-0.25, -0.2) is 9.97 Å². The molecule has 0 atom stereocenters. The van der Waals surface area contributed by atoms with Gasteiger partial charge in [0.2, 0.25) is 0 Å². The highest BCUT2D eigenvalue weighted by atomic mass is 32.1. The minimum Gasteiger partial charge on any atom is -0.398 e. The molecule has 6 nitrogen and oxygen atoms in total. The summed E-state index contributed by atoms with van der Waals surface area (Å²) in [4.78, 5) is 12.7. The zero-order valence-corrected chi connectivity index (χ0v) is 16.0. The third-order valence-corrected chi connectivity index (χ3v) is 5.69. The molecule has 0 spiro atoms. The molecule has 138 valence electrons. The van der Waals surface area contributed by atoms with E-state index in [9.17, 15) is 0 Å². The van der Waals surface area contributed by atoms with Gasteiger partial charge in [-0.15, -0.1) is 11.3 Å². The molecule has 1 aliphatic rings. The number of nitrogens with two attached hydrogens (primary N) is 1. The lowest BCUT2D eigenvalue weighted by atomic mass is 10.1. The molecule has 1 aliphatic heterocycles. The molecule has 0 aliphatic carbocycles. The highest BCUT2D eigenvalue weighted by Crippen LogP contribution is 2.30. The maximum atomic E-state index is 8.49. The summed E-state index contributed by atoms with van der Waals surface area (Å²) >= 11 is 1.52. The molecule has 0 radical (unpaired) electrons. The SMILES string of the molecule is Cc1sc(C(=N)c2ccccc2N)nc1-c1ccc(N2CCNCC2)nc1. The predicted octanol–water partition coefficient (Wildman–Crippen LogP) is 2.92. The molecule has 4 N–H and O–H groups in total. The van der Waals surface area contributed by atoms with Crippen LogP contribution in [0.5, 0.6) is 0 Å². The van der Waals surface area contributed by atoms with Gasteiger partial charge in [-0.2, -0.15) is 0 Å². The van der Waals surface area contributed by atoms with Crippen molar-refractivity contribution in [3.63, 3.8) is 0 Å². The largest absolute Gasteiger partial charge is 0.398 e. The highest BCUT2D eigenvalue weighted by Gasteiger charge is 2.17. The van der Waals surface area contributed by atoms with Crippen molar-refractivity contribution >= 4 is 28.6 Å². The lowest BCUT2D eigenvalue weighted by Crippen LogP contribution is -2.43. The molecule has 2 aromatic heterocycles. The topological polar surface area (TPSA) is 90.9 Å². The Morgan fingerprint density at radius 3 is 2.67 bits per heavy atom. The second kappa shape index (κ2) is 7.46. The zero-order valence-electron chi connectivity index (χ0n) is 15.2. The van der Waals surface area contributed by atoms with E-state index in [1.54, 1.807) is 0 Å². The van der Waals surface area contributed by atoms with Crippen molar-refractivity contribution in [2.75, 3.05) is 36.8 Å². The van der Waals surface area contributed by atoms with Gasteiger partial charge in [0.15, 0.2) is 0 Å². The first-order valence-corrected chi connectivity index (χ1v) is 9.78. The smallest absolute Gasteiger partial charge is 0.142 e. The molecule has 7 heteroatoms. The molecule has 1 fully saturated rings. The Labute approximate surface area is 162 Å². The number of anilines is 2. The minimum absolute atomic E-state index is 0.359. The van der Waals surface area contributed by atoms with Crippen molar-refractivity contribution < 1.29 is 0 Å². The van der Waals surface area contributed by atoms with Crippen LogP contribution in [0.2, 0.25) is 0 Å². The van der Waals surface area contributed by atoms with Gasteiger partial charge < -0.3 is 16.0 Å². The fraction of sp³-hybridized carbons (Fsp3) is 0.250. The lowest BCUT2D eigenvalue weighted by Gasteiger charge is -2.28. The zero-order chi connectivity index (χ0) is 18.8. The van der Waals surface area contributed by atoms with Crippen LogP contribution in [0, 0.1) is 12.3 Å². The number of nitrogens with zero attached hydrogens (tertiary/aromatic N) is 3. The van der Waals surface area contributed by atoms with Crippen molar-refractivity contribution in [1.82, 2.24) is 15.3 Å². The summed E-state index contributed by atoms with van der Waals surface area (Å²) in [6.45, 7) is 5.96. The second-order valence-corrected chi connectivity index (χ2v) is 7.73. The summed E-state index contributed by atoms with van der Waals surface area (Å²) < 4.78 is 0. The van der Waals surface area contributed by atoms with Gasteiger partial charge in [-0.1, -0.05) is 18.2 Å². The van der Waals surface area contributed by atoms with Gasteiger partial charge in [0, 0.05) is 54.1 Å². The number of para-hydroxylation sites is 1. The monoisotopic (exact) mass is 378 g/mol. The number of pyridine rings is 1. The van der Waals surface area contributed by atoms with Gasteiger partial charge in [0.1, 0.15) is 10.8 Å². The number of hydrogen-bond donors (Lipinski definition) is 3. The number of rotatable bonds is 4. The summed E-state index contributed by atoms with van der Waals surface area (Å²) in [6.07, 6.45) is 1.88. The molecule has 27 heavy (non-hydrogen) atoms. The van der Waals surface area contributed by atoms with E-state index < -0.39 is 0 Å². The van der Waals surface area contributed by atoms with Crippen molar-refractivity contribution in [1.29, 1.82) is 5.41 Å². The van der Waals surface area contributed by atoms with E-state index in [4.69, 9.17) is 16.1 Å². The normalized spacial score (nSPS) is 14.3. The molecule has 0 unspecified atom stereocenters. The molecule has 3 aromatic rings. The van der Waals surface area contributed by atoms with Crippen LogP contribution in [0.4, 0.5) is 11.5 Å². The number of nitrogens with one attached hydrogen (secondary N) is 2. The van der Waals surface area contributed by atoms with Gasteiger partial charge in [-0.3, -0.25) is 5.41 Å². The van der Waals surface area contributed by atoms with E-state index in [2.05, 4.69) is 27.3 Å². The highest BCUT2D eigenvalue weighted by molar-refractivity contribution is 7.14. The number of aromatic nitrogens is 2. The maximum Gasteiger partial charge on any atom is 0.142 e. The van der Waals surface area contributed by atoms with Gasteiger partial charge >= 0.3 is 0 Å². The van der Waals surface area contributed by atoms with E-state index in [1.165, 1.54) is 11.3 Å².